The summed E-state index contributed by atoms with van der Waals surface area (Å²) in [5.74, 6) is 3.39. The van der Waals surface area contributed by atoms with Gasteiger partial charge in [-0.25, -0.2) is 0 Å². The van der Waals surface area contributed by atoms with E-state index in [0.717, 1.165) is 6.42 Å². The first kappa shape index (κ1) is 10.6. The van der Waals surface area contributed by atoms with Gasteiger partial charge in [-0.3, -0.25) is 0 Å². The van der Waals surface area contributed by atoms with Crippen molar-refractivity contribution >= 4 is 30.7 Å². The van der Waals surface area contributed by atoms with E-state index in [1.807, 2.05) is 0 Å². The molecule has 0 atom stereocenters. The van der Waals surface area contributed by atoms with Gasteiger partial charge < -0.3 is 0 Å². The quantitative estimate of drug-likeness (QED) is 0.316. The summed E-state index contributed by atoms with van der Waals surface area (Å²) in [5.41, 5.74) is 4.08. The van der Waals surface area contributed by atoms with Crippen molar-refractivity contribution in [3.63, 3.8) is 0 Å². The van der Waals surface area contributed by atoms with E-state index in [9.17, 15) is 0 Å². The summed E-state index contributed by atoms with van der Waals surface area (Å²) in [4.78, 5) is 0. The Morgan fingerprint density at radius 3 is 2.25 bits per heavy atom. The summed E-state index contributed by atoms with van der Waals surface area (Å²) in [6, 6.07) is 0. The summed E-state index contributed by atoms with van der Waals surface area (Å²) in [7, 11) is -1.11. The monoisotopic (exact) mass is 292 g/mol. The summed E-state index contributed by atoms with van der Waals surface area (Å²) in [5, 5.41) is 0. The van der Waals surface area contributed by atoms with Gasteiger partial charge in [0.15, 0.2) is 0 Å². The molecule has 0 aromatic heterocycles. The predicted octanol–water partition coefficient (Wildman–Crippen LogP) is 3.47. The molecule has 0 nitrogen and oxygen atoms in total. The van der Waals surface area contributed by atoms with Crippen molar-refractivity contribution < 1.29 is 0 Å². The molecule has 1 fully saturated rings. The second kappa shape index (κ2) is 3.71. The Bertz CT molecular complexity index is 212. The minimum atomic E-state index is -1.11. The lowest BCUT2D eigenvalue weighted by Crippen LogP contribution is -2.16. The molecule has 0 aromatic carbocycles. The minimum Gasteiger partial charge on any atom is -0.132 e. The van der Waals surface area contributed by atoms with Crippen LogP contribution in [0.3, 0.4) is 0 Å². The zero-order valence-corrected chi connectivity index (χ0v) is 11.4. The standard InChI is InChI=1S/C10H17ISi/c1-12(2,3)8-4-5-10(9-11)6-7-10/h5-7,9H2,1-3H3. The number of hydrogen-bond acceptors (Lipinski definition) is 0. The van der Waals surface area contributed by atoms with Gasteiger partial charge in [-0.2, -0.15) is 0 Å². The molecule has 1 aliphatic rings. The zero-order chi connectivity index (χ0) is 9.24. The summed E-state index contributed by atoms with van der Waals surface area (Å²) < 4.78 is 1.30. The van der Waals surface area contributed by atoms with Crippen molar-refractivity contribution in [2.75, 3.05) is 4.43 Å². The molecule has 0 amide bonds. The van der Waals surface area contributed by atoms with E-state index in [1.54, 1.807) is 0 Å². The SMILES string of the molecule is C[Si](C)(C)C#CCC1(CI)CC1. The van der Waals surface area contributed by atoms with Gasteiger partial charge in [0.1, 0.15) is 8.07 Å². The molecule has 0 spiro atoms. The van der Waals surface area contributed by atoms with Crippen LogP contribution < -0.4 is 0 Å². The molecule has 2 heteroatoms. The van der Waals surface area contributed by atoms with Gasteiger partial charge in [0.25, 0.3) is 0 Å². The van der Waals surface area contributed by atoms with E-state index in [-0.39, 0.29) is 0 Å². The van der Waals surface area contributed by atoms with E-state index in [2.05, 4.69) is 53.7 Å². The topological polar surface area (TPSA) is 0 Å². The Labute approximate surface area is 90.7 Å². The average Bonchev–Trinajstić information content (AvgIpc) is 2.67. The molecule has 1 aliphatic carbocycles. The fourth-order valence-corrected chi connectivity index (χ4v) is 2.68. The van der Waals surface area contributed by atoms with Gasteiger partial charge in [0, 0.05) is 10.8 Å². The van der Waals surface area contributed by atoms with Crippen LogP contribution in [0.15, 0.2) is 0 Å². The maximum Gasteiger partial charge on any atom is 0.129 e. The third-order valence-corrected chi connectivity index (χ3v) is 4.71. The lowest BCUT2D eigenvalue weighted by atomic mass is 10.1. The van der Waals surface area contributed by atoms with Crippen LogP contribution in [0.1, 0.15) is 19.3 Å². The van der Waals surface area contributed by atoms with Crippen LogP contribution >= 0.6 is 22.6 Å². The smallest absolute Gasteiger partial charge is 0.129 e. The largest absolute Gasteiger partial charge is 0.132 e. The zero-order valence-electron chi connectivity index (χ0n) is 8.21. The lowest BCUT2D eigenvalue weighted by molar-refractivity contribution is 0.619. The Balaban J connectivity index is 2.37. The van der Waals surface area contributed by atoms with Gasteiger partial charge in [0.05, 0.1) is 0 Å². The fourth-order valence-electron chi connectivity index (χ4n) is 1.03. The van der Waals surface area contributed by atoms with Gasteiger partial charge >= 0.3 is 0 Å². The maximum atomic E-state index is 3.44. The highest BCUT2D eigenvalue weighted by Crippen LogP contribution is 2.49. The molecule has 0 unspecified atom stereocenters. The van der Waals surface area contributed by atoms with Crippen LogP contribution in [0.25, 0.3) is 0 Å². The van der Waals surface area contributed by atoms with Gasteiger partial charge in [-0.15, -0.1) is 11.5 Å². The number of rotatable bonds is 2. The van der Waals surface area contributed by atoms with Crippen molar-refractivity contribution in [3.8, 4) is 11.5 Å². The second-order valence-electron chi connectivity index (χ2n) is 4.86. The van der Waals surface area contributed by atoms with Crippen LogP contribution in [0.4, 0.5) is 0 Å². The molecule has 1 saturated carbocycles. The molecular weight excluding hydrogens is 275 g/mol. The fraction of sp³-hybridized carbons (Fsp3) is 0.800. The maximum absolute atomic E-state index is 3.44. The van der Waals surface area contributed by atoms with Gasteiger partial charge in [0.2, 0.25) is 0 Å². The molecule has 0 N–H and O–H groups in total. The molecule has 0 radical (unpaired) electrons. The Hall–Kier alpha value is 0.507. The highest BCUT2D eigenvalue weighted by molar-refractivity contribution is 14.1. The molecule has 0 aromatic rings. The highest BCUT2D eigenvalue weighted by atomic mass is 127. The van der Waals surface area contributed by atoms with Crippen molar-refractivity contribution in [1.82, 2.24) is 0 Å². The van der Waals surface area contributed by atoms with E-state index in [4.69, 9.17) is 0 Å². The first-order valence-electron chi connectivity index (χ1n) is 4.54. The van der Waals surface area contributed by atoms with Crippen molar-refractivity contribution in [2.45, 2.75) is 38.9 Å². The van der Waals surface area contributed by atoms with Crippen LogP contribution in [0.5, 0.6) is 0 Å². The second-order valence-corrected chi connectivity index (χ2v) is 10.4. The average molecular weight is 292 g/mol. The molecule has 0 heterocycles. The van der Waals surface area contributed by atoms with Crippen molar-refractivity contribution in [2.24, 2.45) is 5.41 Å². The summed E-state index contributed by atoms with van der Waals surface area (Å²) >= 11 is 2.50. The molecule has 68 valence electrons. The highest BCUT2D eigenvalue weighted by Gasteiger charge is 2.40. The number of halogens is 1. The van der Waals surface area contributed by atoms with Crippen molar-refractivity contribution in [3.05, 3.63) is 0 Å². The lowest BCUT2D eigenvalue weighted by Gasteiger charge is -2.07. The van der Waals surface area contributed by atoms with Crippen LogP contribution in [-0.4, -0.2) is 12.5 Å². The predicted molar refractivity (Wildman–Crippen MR) is 66.3 cm³/mol. The molecule has 0 aliphatic heterocycles. The summed E-state index contributed by atoms with van der Waals surface area (Å²) in [6.07, 6.45) is 3.98. The molecular formula is C10H17ISi. The van der Waals surface area contributed by atoms with E-state index in [1.165, 1.54) is 17.3 Å². The van der Waals surface area contributed by atoms with Crippen LogP contribution in [0, 0.1) is 16.9 Å². The Kier molecular flexibility index (Phi) is 3.27. The molecule has 0 bridgehead atoms. The number of hydrogen-bond donors (Lipinski definition) is 0. The molecule has 1 rings (SSSR count). The van der Waals surface area contributed by atoms with E-state index >= 15 is 0 Å². The van der Waals surface area contributed by atoms with Crippen molar-refractivity contribution in [1.29, 1.82) is 0 Å². The first-order chi connectivity index (χ1) is 5.47. The molecule has 12 heavy (non-hydrogen) atoms. The van der Waals surface area contributed by atoms with Crippen LogP contribution in [-0.2, 0) is 0 Å². The first-order valence-corrected chi connectivity index (χ1v) is 9.56. The third kappa shape index (κ3) is 3.49. The number of alkyl halides is 1. The third-order valence-electron chi connectivity index (χ3n) is 2.17. The Morgan fingerprint density at radius 2 is 1.92 bits per heavy atom. The minimum absolute atomic E-state index is 0.646. The molecule has 0 saturated heterocycles. The Morgan fingerprint density at radius 1 is 1.33 bits per heavy atom. The normalized spacial score (nSPS) is 19.7. The van der Waals surface area contributed by atoms with Gasteiger partial charge in [-0.05, 0) is 18.3 Å². The van der Waals surface area contributed by atoms with E-state index < -0.39 is 8.07 Å². The van der Waals surface area contributed by atoms with Crippen LogP contribution in [0.2, 0.25) is 19.6 Å². The van der Waals surface area contributed by atoms with E-state index in [0.29, 0.717) is 5.41 Å². The summed E-state index contributed by atoms with van der Waals surface area (Å²) in [6.45, 7) is 6.93. The van der Waals surface area contributed by atoms with Gasteiger partial charge in [-0.1, -0.05) is 42.2 Å².